The lowest BCUT2D eigenvalue weighted by Gasteiger charge is -2.29. The fourth-order valence-electron chi connectivity index (χ4n) is 3.62. The van der Waals surface area contributed by atoms with E-state index in [0.29, 0.717) is 24.0 Å². The summed E-state index contributed by atoms with van der Waals surface area (Å²) in [6, 6.07) is 12.7. The summed E-state index contributed by atoms with van der Waals surface area (Å²) in [6.45, 7) is 2.18. The molecule has 0 unspecified atom stereocenters. The van der Waals surface area contributed by atoms with Crippen molar-refractivity contribution in [2.75, 3.05) is 30.8 Å². The molecule has 0 radical (unpaired) electrons. The van der Waals surface area contributed by atoms with E-state index in [2.05, 4.69) is 30.2 Å². The summed E-state index contributed by atoms with van der Waals surface area (Å²) in [6.07, 6.45) is 3.20. The van der Waals surface area contributed by atoms with Crippen molar-refractivity contribution < 1.29 is 12.8 Å². The number of nitrogens with one attached hydrogen (secondary N) is 3. The Bertz CT molecular complexity index is 1230. The third kappa shape index (κ3) is 6.41. The van der Waals surface area contributed by atoms with Crippen molar-refractivity contribution in [1.82, 2.24) is 19.6 Å². The van der Waals surface area contributed by atoms with E-state index in [-0.39, 0.29) is 16.0 Å². The Morgan fingerprint density at radius 2 is 1.85 bits per heavy atom. The molecule has 2 heterocycles. The van der Waals surface area contributed by atoms with Gasteiger partial charge in [-0.25, -0.2) is 22.5 Å². The number of halogens is 2. The minimum absolute atomic E-state index is 0.0180. The Morgan fingerprint density at radius 3 is 2.56 bits per heavy atom. The van der Waals surface area contributed by atoms with E-state index in [1.54, 1.807) is 42.6 Å². The Labute approximate surface area is 203 Å². The van der Waals surface area contributed by atoms with Gasteiger partial charge in [0, 0.05) is 24.5 Å². The molecule has 0 saturated carbocycles. The minimum Gasteiger partial charge on any atom is -0.350 e. The summed E-state index contributed by atoms with van der Waals surface area (Å²) in [5, 5.41) is 6.19. The van der Waals surface area contributed by atoms with Crippen LogP contribution in [0.4, 0.5) is 21.8 Å². The van der Waals surface area contributed by atoms with Crippen molar-refractivity contribution in [3.05, 3.63) is 71.1 Å². The van der Waals surface area contributed by atoms with Gasteiger partial charge >= 0.3 is 0 Å². The Kier molecular flexibility index (Phi) is 7.62. The standard InChI is InChI=1S/C23H26ClFN6O2S/c1-31-12-9-17(10-13-31)30-34(32,33)19-5-2-16(3-6-19)15-27-23-26-11-8-22(29-23)28-18-4-7-21(25)20(24)14-18/h2-8,11,14,17,30H,9-10,12-13,15H2,1H3,(H2,26,27,28,29). The summed E-state index contributed by atoms with van der Waals surface area (Å²) in [5.74, 6) is 0.411. The van der Waals surface area contributed by atoms with E-state index in [1.165, 1.54) is 12.1 Å². The van der Waals surface area contributed by atoms with Crippen LogP contribution < -0.4 is 15.4 Å². The number of anilines is 3. The quantitative estimate of drug-likeness (QED) is 0.426. The maximum absolute atomic E-state index is 13.3. The molecule has 3 aromatic rings. The molecule has 34 heavy (non-hydrogen) atoms. The lowest BCUT2D eigenvalue weighted by Crippen LogP contribution is -2.43. The smallest absolute Gasteiger partial charge is 0.240 e. The number of aromatic nitrogens is 2. The molecule has 1 fully saturated rings. The Balaban J connectivity index is 1.34. The summed E-state index contributed by atoms with van der Waals surface area (Å²) in [5.41, 5.74) is 1.48. The first-order valence-corrected chi connectivity index (χ1v) is 12.7. The first kappa shape index (κ1) is 24.3. The average Bonchev–Trinajstić information content (AvgIpc) is 2.82. The van der Waals surface area contributed by atoms with Crippen LogP contribution in [0.15, 0.2) is 59.6 Å². The SMILES string of the molecule is CN1CCC(NS(=O)(=O)c2ccc(CNc3nccc(Nc4ccc(F)c(Cl)c4)n3)cc2)CC1. The van der Waals surface area contributed by atoms with Crippen molar-refractivity contribution in [2.24, 2.45) is 0 Å². The van der Waals surface area contributed by atoms with E-state index in [1.807, 2.05) is 7.05 Å². The zero-order valence-electron chi connectivity index (χ0n) is 18.6. The van der Waals surface area contributed by atoms with Gasteiger partial charge in [-0.15, -0.1) is 0 Å². The van der Waals surface area contributed by atoms with Gasteiger partial charge in [-0.1, -0.05) is 23.7 Å². The molecule has 1 aromatic heterocycles. The summed E-state index contributed by atoms with van der Waals surface area (Å²) < 4.78 is 41.6. The minimum atomic E-state index is -3.56. The number of piperidine rings is 1. The molecule has 11 heteroatoms. The van der Waals surface area contributed by atoms with Crippen LogP contribution in [-0.2, 0) is 16.6 Å². The maximum Gasteiger partial charge on any atom is 0.240 e. The summed E-state index contributed by atoms with van der Waals surface area (Å²) >= 11 is 5.82. The lowest BCUT2D eigenvalue weighted by molar-refractivity contribution is 0.248. The molecule has 1 aliphatic rings. The van der Waals surface area contributed by atoms with Crippen LogP contribution >= 0.6 is 11.6 Å². The number of rotatable bonds is 8. The highest BCUT2D eigenvalue weighted by Crippen LogP contribution is 2.22. The van der Waals surface area contributed by atoms with Crippen LogP contribution in [0.25, 0.3) is 0 Å². The van der Waals surface area contributed by atoms with Crippen molar-refractivity contribution >= 4 is 39.1 Å². The molecule has 1 aliphatic heterocycles. The van der Waals surface area contributed by atoms with Crippen molar-refractivity contribution in [3.63, 3.8) is 0 Å². The van der Waals surface area contributed by atoms with Crippen LogP contribution in [0.1, 0.15) is 18.4 Å². The van der Waals surface area contributed by atoms with Gasteiger partial charge in [0.25, 0.3) is 0 Å². The second-order valence-corrected chi connectivity index (χ2v) is 10.3. The predicted molar refractivity (Wildman–Crippen MR) is 131 cm³/mol. The molecule has 8 nitrogen and oxygen atoms in total. The van der Waals surface area contributed by atoms with Gasteiger partial charge in [-0.3, -0.25) is 0 Å². The van der Waals surface area contributed by atoms with Gasteiger partial charge in [0.05, 0.1) is 9.92 Å². The molecule has 4 rings (SSSR count). The molecule has 180 valence electrons. The second-order valence-electron chi connectivity index (χ2n) is 8.22. The van der Waals surface area contributed by atoms with Crippen LogP contribution in [0.5, 0.6) is 0 Å². The third-order valence-corrected chi connectivity index (χ3v) is 7.40. The van der Waals surface area contributed by atoms with Gasteiger partial charge in [-0.05, 0) is 74.9 Å². The topological polar surface area (TPSA) is 99.3 Å². The van der Waals surface area contributed by atoms with E-state index < -0.39 is 15.8 Å². The number of hydrogen-bond acceptors (Lipinski definition) is 7. The Morgan fingerprint density at radius 1 is 1.12 bits per heavy atom. The van der Waals surface area contributed by atoms with Crippen LogP contribution in [0.2, 0.25) is 5.02 Å². The summed E-state index contributed by atoms with van der Waals surface area (Å²) in [7, 11) is -1.52. The normalized spacial score (nSPS) is 15.3. The highest BCUT2D eigenvalue weighted by Gasteiger charge is 2.23. The molecule has 0 bridgehead atoms. The van der Waals surface area contributed by atoms with Crippen molar-refractivity contribution in [2.45, 2.75) is 30.3 Å². The molecular formula is C23H26ClFN6O2S. The van der Waals surface area contributed by atoms with E-state index >= 15 is 0 Å². The second kappa shape index (κ2) is 10.6. The zero-order chi connectivity index (χ0) is 24.1. The van der Waals surface area contributed by atoms with Crippen LogP contribution in [-0.4, -0.2) is 49.5 Å². The van der Waals surface area contributed by atoms with Crippen molar-refractivity contribution in [3.8, 4) is 0 Å². The number of sulfonamides is 1. The maximum atomic E-state index is 13.3. The average molecular weight is 505 g/mol. The molecule has 3 N–H and O–H groups in total. The number of nitrogens with zero attached hydrogens (tertiary/aromatic N) is 3. The molecule has 0 spiro atoms. The molecule has 0 atom stereocenters. The monoisotopic (exact) mass is 504 g/mol. The summed E-state index contributed by atoms with van der Waals surface area (Å²) in [4.78, 5) is 11.0. The van der Waals surface area contributed by atoms with Gasteiger partial charge in [0.1, 0.15) is 11.6 Å². The predicted octanol–water partition coefficient (Wildman–Crippen LogP) is 4.00. The largest absolute Gasteiger partial charge is 0.350 e. The highest BCUT2D eigenvalue weighted by atomic mass is 35.5. The molecule has 2 aromatic carbocycles. The first-order chi connectivity index (χ1) is 16.3. The zero-order valence-corrected chi connectivity index (χ0v) is 20.2. The Hall–Kier alpha value is -2.79. The van der Waals surface area contributed by atoms with Gasteiger partial charge in [-0.2, -0.15) is 4.98 Å². The number of hydrogen-bond donors (Lipinski definition) is 3. The third-order valence-electron chi connectivity index (χ3n) is 5.57. The fourth-order valence-corrected chi connectivity index (χ4v) is 5.10. The highest BCUT2D eigenvalue weighted by molar-refractivity contribution is 7.89. The van der Waals surface area contributed by atoms with Crippen LogP contribution in [0, 0.1) is 5.82 Å². The molecule has 0 aliphatic carbocycles. The van der Waals surface area contributed by atoms with E-state index in [0.717, 1.165) is 31.5 Å². The lowest BCUT2D eigenvalue weighted by atomic mass is 10.1. The number of benzene rings is 2. The van der Waals surface area contributed by atoms with Gasteiger partial charge in [0.15, 0.2) is 0 Å². The van der Waals surface area contributed by atoms with Gasteiger partial charge in [0.2, 0.25) is 16.0 Å². The molecule has 1 saturated heterocycles. The fraction of sp³-hybridized carbons (Fsp3) is 0.304. The number of likely N-dealkylation sites (tertiary alicyclic amines) is 1. The molecule has 0 amide bonds. The van der Waals surface area contributed by atoms with Crippen LogP contribution in [0.3, 0.4) is 0 Å². The van der Waals surface area contributed by atoms with E-state index in [4.69, 9.17) is 11.6 Å². The van der Waals surface area contributed by atoms with Gasteiger partial charge < -0.3 is 15.5 Å². The molecular weight excluding hydrogens is 479 g/mol. The first-order valence-electron chi connectivity index (χ1n) is 10.9. The van der Waals surface area contributed by atoms with Crippen molar-refractivity contribution in [1.29, 1.82) is 0 Å². The van der Waals surface area contributed by atoms with E-state index in [9.17, 15) is 12.8 Å².